The van der Waals surface area contributed by atoms with Crippen LogP contribution in [-0.4, -0.2) is 37.8 Å². The van der Waals surface area contributed by atoms with E-state index in [2.05, 4.69) is 17.6 Å². The third-order valence-electron chi connectivity index (χ3n) is 3.96. The first kappa shape index (κ1) is 14.7. The van der Waals surface area contributed by atoms with E-state index in [9.17, 15) is 9.90 Å². The number of benzene rings is 1. The van der Waals surface area contributed by atoms with Crippen LogP contribution in [0.5, 0.6) is 11.5 Å². The van der Waals surface area contributed by atoms with Gasteiger partial charge >= 0.3 is 0 Å². The number of carbonyl (C=O) groups excluding carboxylic acids is 1. The molecule has 2 unspecified atom stereocenters. The highest BCUT2D eigenvalue weighted by molar-refractivity contribution is 5.97. The number of nitrogens with one attached hydrogen (secondary N) is 2. The number of ether oxygens (including phenoxy) is 1. The quantitative estimate of drug-likeness (QED) is 0.778. The summed E-state index contributed by atoms with van der Waals surface area (Å²) in [4.78, 5) is 12.1. The van der Waals surface area contributed by atoms with Crippen LogP contribution < -0.4 is 15.4 Å². The van der Waals surface area contributed by atoms with Crippen LogP contribution in [0.15, 0.2) is 18.2 Å². The van der Waals surface area contributed by atoms with Gasteiger partial charge in [0.1, 0.15) is 11.5 Å². The Labute approximate surface area is 119 Å². The highest BCUT2D eigenvalue weighted by atomic mass is 16.5. The number of piperidine rings is 1. The van der Waals surface area contributed by atoms with Crippen molar-refractivity contribution >= 4 is 5.91 Å². The molecular weight excluding hydrogens is 256 g/mol. The van der Waals surface area contributed by atoms with Gasteiger partial charge in [0.05, 0.1) is 12.7 Å². The number of amides is 1. The second kappa shape index (κ2) is 6.61. The standard InChI is InChI=1S/C15H22N2O3/c1-10-5-6-16-8-11(10)9-17-15(19)13-7-12(20-2)3-4-14(13)18/h3-4,7,10-11,16,18H,5-6,8-9H2,1-2H3,(H,17,19). The van der Waals surface area contributed by atoms with Gasteiger partial charge in [-0.3, -0.25) is 4.79 Å². The van der Waals surface area contributed by atoms with Crippen LogP contribution in [0.2, 0.25) is 0 Å². The van der Waals surface area contributed by atoms with Crippen LogP contribution in [0.4, 0.5) is 0 Å². The van der Waals surface area contributed by atoms with E-state index in [1.165, 1.54) is 13.2 Å². The summed E-state index contributed by atoms with van der Waals surface area (Å²) in [5, 5.41) is 16.0. The van der Waals surface area contributed by atoms with Gasteiger partial charge in [-0.05, 0) is 49.5 Å². The summed E-state index contributed by atoms with van der Waals surface area (Å²) in [6, 6.07) is 4.64. The lowest BCUT2D eigenvalue weighted by molar-refractivity contribution is 0.0936. The van der Waals surface area contributed by atoms with Crippen LogP contribution in [-0.2, 0) is 0 Å². The molecule has 1 aromatic rings. The van der Waals surface area contributed by atoms with Crippen LogP contribution in [0.3, 0.4) is 0 Å². The average molecular weight is 278 g/mol. The first-order valence-electron chi connectivity index (χ1n) is 6.97. The van der Waals surface area contributed by atoms with E-state index in [-0.39, 0.29) is 17.2 Å². The number of rotatable bonds is 4. The fourth-order valence-electron chi connectivity index (χ4n) is 2.47. The Bertz CT molecular complexity index is 476. The molecule has 5 heteroatoms. The van der Waals surface area contributed by atoms with E-state index >= 15 is 0 Å². The maximum absolute atomic E-state index is 12.1. The molecule has 1 aliphatic rings. The summed E-state index contributed by atoms with van der Waals surface area (Å²) in [6.07, 6.45) is 1.13. The predicted octanol–water partition coefficient (Wildman–Crippen LogP) is 1.38. The molecule has 110 valence electrons. The molecule has 2 rings (SSSR count). The maximum Gasteiger partial charge on any atom is 0.255 e. The molecule has 2 atom stereocenters. The Morgan fingerprint density at radius 1 is 1.55 bits per heavy atom. The summed E-state index contributed by atoms with van der Waals surface area (Å²) in [7, 11) is 1.53. The zero-order chi connectivity index (χ0) is 14.5. The molecule has 0 spiro atoms. The van der Waals surface area contributed by atoms with Crippen LogP contribution in [0.1, 0.15) is 23.7 Å². The molecule has 0 aromatic heterocycles. The molecule has 0 radical (unpaired) electrons. The van der Waals surface area contributed by atoms with E-state index in [1.807, 2.05) is 0 Å². The fraction of sp³-hybridized carbons (Fsp3) is 0.533. The van der Waals surface area contributed by atoms with Gasteiger partial charge in [0.25, 0.3) is 5.91 Å². The van der Waals surface area contributed by atoms with Gasteiger partial charge < -0.3 is 20.5 Å². The van der Waals surface area contributed by atoms with E-state index in [0.29, 0.717) is 24.1 Å². The van der Waals surface area contributed by atoms with Crippen LogP contribution >= 0.6 is 0 Å². The number of phenols is 1. The minimum Gasteiger partial charge on any atom is -0.507 e. The van der Waals surface area contributed by atoms with E-state index < -0.39 is 0 Å². The highest BCUT2D eigenvalue weighted by Gasteiger charge is 2.22. The van der Waals surface area contributed by atoms with Crippen molar-refractivity contribution in [1.29, 1.82) is 0 Å². The zero-order valence-electron chi connectivity index (χ0n) is 12.0. The van der Waals surface area contributed by atoms with Crippen molar-refractivity contribution in [3.63, 3.8) is 0 Å². The highest BCUT2D eigenvalue weighted by Crippen LogP contribution is 2.23. The van der Waals surface area contributed by atoms with Gasteiger partial charge in [-0.25, -0.2) is 0 Å². The molecule has 1 aliphatic heterocycles. The molecule has 1 heterocycles. The lowest BCUT2D eigenvalue weighted by atomic mass is 9.88. The second-order valence-electron chi connectivity index (χ2n) is 5.32. The third kappa shape index (κ3) is 3.42. The average Bonchev–Trinajstić information content (AvgIpc) is 2.46. The molecule has 1 amide bonds. The predicted molar refractivity (Wildman–Crippen MR) is 77.1 cm³/mol. The van der Waals surface area contributed by atoms with E-state index in [0.717, 1.165) is 19.5 Å². The van der Waals surface area contributed by atoms with Crippen molar-refractivity contribution in [3.8, 4) is 11.5 Å². The van der Waals surface area contributed by atoms with Crippen molar-refractivity contribution in [1.82, 2.24) is 10.6 Å². The van der Waals surface area contributed by atoms with E-state index in [4.69, 9.17) is 4.74 Å². The molecular formula is C15H22N2O3. The number of carbonyl (C=O) groups is 1. The Hall–Kier alpha value is -1.75. The first-order valence-corrected chi connectivity index (χ1v) is 6.97. The molecule has 1 fully saturated rings. The topological polar surface area (TPSA) is 70.6 Å². The van der Waals surface area contributed by atoms with Crippen LogP contribution in [0, 0.1) is 11.8 Å². The zero-order valence-corrected chi connectivity index (χ0v) is 12.0. The normalized spacial score (nSPS) is 22.3. The molecule has 0 aliphatic carbocycles. The van der Waals surface area contributed by atoms with Crippen molar-refractivity contribution in [2.45, 2.75) is 13.3 Å². The summed E-state index contributed by atoms with van der Waals surface area (Å²) < 4.78 is 5.07. The number of methoxy groups -OCH3 is 1. The van der Waals surface area contributed by atoms with Crippen molar-refractivity contribution in [2.75, 3.05) is 26.7 Å². The first-order chi connectivity index (χ1) is 9.61. The Morgan fingerprint density at radius 2 is 2.35 bits per heavy atom. The number of hydrogen-bond donors (Lipinski definition) is 3. The molecule has 1 saturated heterocycles. The van der Waals surface area contributed by atoms with Crippen molar-refractivity contribution in [3.05, 3.63) is 23.8 Å². The number of phenolic OH excluding ortho intramolecular Hbond substituents is 1. The lowest BCUT2D eigenvalue weighted by Crippen LogP contribution is -2.42. The molecule has 0 bridgehead atoms. The SMILES string of the molecule is COc1ccc(O)c(C(=O)NCC2CNCCC2C)c1. The van der Waals surface area contributed by atoms with Gasteiger partial charge in [0.2, 0.25) is 0 Å². The molecule has 5 nitrogen and oxygen atoms in total. The largest absolute Gasteiger partial charge is 0.507 e. The number of hydrogen-bond acceptors (Lipinski definition) is 4. The van der Waals surface area contributed by atoms with E-state index in [1.54, 1.807) is 12.1 Å². The third-order valence-corrected chi connectivity index (χ3v) is 3.96. The second-order valence-corrected chi connectivity index (χ2v) is 5.32. The molecule has 3 N–H and O–H groups in total. The monoisotopic (exact) mass is 278 g/mol. The maximum atomic E-state index is 12.1. The van der Waals surface area contributed by atoms with Gasteiger partial charge in [0, 0.05) is 6.54 Å². The Morgan fingerprint density at radius 3 is 3.05 bits per heavy atom. The fourth-order valence-corrected chi connectivity index (χ4v) is 2.47. The molecule has 1 aromatic carbocycles. The van der Waals surface area contributed by atoms with Crippen LogP contribution in [0.25, 0.3) is 0 Å². The Balaban J connectivity index is 1.97. The van der Waals surface area contributed by atoms with Gasteiger partial charge in [-0.15, -0.1) is 0 Å². The lowest BCUT2D eigenvalue weighted by Gasteiger charge is -2.29. The van der Waals surface area contributed by atoms with Crippen molar-refractivity contribution < 1.29 is 14.6 Å². The summed E-state index contributed by atoms with van der Waals surface area (Å²) in [5.41, 5.74) is 0.251. The number of aromatic hydroxyl groups is 1. The van der Waals surface area contributed by atoms with Gasteiger partial charge in [-0.2, -0.15) is 0 Å². The van der Waals surface area contributed by atoms with Crippen molar-refractivity contribution in [2.24, 2.45) is 11.8 Å². The minimum atomic E-state index is -0.265. The van der Waals surface area contributed by atoms with Gasteiger partial charge in [-0.1, -0.05) is 6.92 Å². The summed E-state index contributed by atoms with van der Waals surface area (Å²) in [5.74, 6) is 1.29. The minimum absolute atomic E-state index is 0.0295. The molecule has 0 saturated carbocycles. The smallest absolute Gasteiger partial charge is 0.255 e. The van der Waals surface area contributed by atoms with Gasteiger partial charge in [0.15, 0.2) is 0 Å². The Kier molecular flexibility index (Phi) is 4.84. The molecule has 20 heavy (non-hydrogen) atoms. The summed E-state index contributed by atoms with van der Waals surface area (Å²) >= 11 is 0. The summed E-state index contributed by atoms with van der Waals surface area (Å²) in [6.45, 7) is 4.79.